The molecule has 1 aromatic carbocycles. The molecule has 98 valence electrons. The Hall–Kier alpha value is -1.75. The molecule has 1 aromatic rings. The molecular weight excluding hydrogens is 232 g/mol. The van der Waals surface area contributed by atoms with Gasteiger partial charge in [-0.15, -0.1) is 0 Å². The number of carbonyl (C=O) groups is 1. The van der Waals surface area contributed by atoms with E-state index in [1.807, 2.05) is 4.90 Å². The zero-order chi connectivity index (χ0) is 13.0. The van der Waals surface area contributed by atoms with E-state index < -0.39 is 0 Å². The highest BCUT2D eigenvalue weighted by molar-refractivity contribution is 5.76. The molecule has 5 nitrogen and oxygen atoms in total. The van der Waals surface area contributed by atoms with Crippen LogP contribution >= 0.6 is 0 Å². The molecule has 0 aliphatic carbocycles. The van der Waals surface area contributed by atoms with Crippen molar-refractivity contribution in [2.45, 2.75) is 12.8 Å². The topological polar surface area (TPSA) is 75.8 Å². The normalized spacial score (nSPS) is 15.7. The molecule has 1 amide bonds. The molecule has 3 N–H and O–H groups in total. The molecule has 0 unspecified atom stereocenters. The molecule has 0 atom stereocenters. The fourth-order valence-electron chi connectivity index (χ4n) is 1.98. The summed E-state index contributed by atoms with van der Waals surface area (Å²) in [5, 5.41) is 9.31. The molecule has 5 heteroatoms. The van der Waals surface area contributed by atoms with E-state index in [4.69, 9.17) is 10.5 Å². The van der Waals surface area contributed by atoms with Gasteiger partial charge in [-0.2, -0.15) is 0 Å². The number of rotatable bonds is 3. The fraction of sp³-hybridized carbons (Fsp3) is 0.462. The van der Waals surface area contributed by atoms with E-state index in [9.17, 15) is 9.90 Å². The third-order valence-electron chi connectivity index (χ3n) is 3.08. The van der Waals surface area contributed by atoms with Crippen LogP contribution in [0.4, 0.5) is 5.69 Å². The number of hydrogen-bond donors (Lipinski definition) is 2. The van der Waals surface area contributed by atoms with Crippen molar-refractivity contribution in [2.24, 2.45) is 0 Å². The molecule has 1 fully saturated rings. The summed E-state index contributed by atoms with van der Waals surface area (Å²) in [7, 11) is 0. The second-order valence-corrected chi connectivity index (χ2v) is 4.39. The molecule has 0 radical (unpaired) electrons. The summed E-state index contributed by atoms with van der Waals surface area (Å²) in [5.74, 6) is 0.225. The number of phenolic OH excluding ortho intramolecular Hbond substituents is 1. The number of phenols is 1. The van der Waals surface area contributed by atoms with Crippen LogP contribution in [-0.2, 0) is 16.0 Å². The fourth-order valence-corrected chi connectivity index (χ4v) is 1.98. The van der Waals surface area contributed by atoms with Gasteiger partial charge >= 0.3 is 0 Å². The molecule has 2 rings (SSSR count). The van der Waals surface area contributed by atoms with E-state index in [-0.39, 0.29) is 11.7 Å². The van der Waals surface area contributed by atoms with Gasteiger partial charge in [-0.1, -0.05) is 6.07 Å². The number of nitrogens with two attached hydrogens (primary N) is 1. The lowest BCUT2D eigenvalue weighted by Crippen LogP contribution is -2.40. The number of amides is 1. The number of hydrogen-bond acceptors (Lipinski definition) is 4. The van der Waals surface area contributed by atoms with Gasteiger partial charge in [0, 0.05) is 19.5 Å². The summed E-state index contributed by atoms with van der Waals surface area (Å²) in [6, 6.07) is 5.06. The molecule has 0 aromatic heterocycles. The Labute approximate surface area is 106 Å². The monoisotopic (exact) mass is 250 g/mol. The van der Waals surface area contributed by atoms with E-state index in [1.54, 1.807) is 18.2 Å². The van der Waals surface area contributed by atoms with Crippen LogP contribution in [0.15, 0.2) is 18.2 Å². The van der Waals surface area contributed by atoms with Gasteiger partial charge in [0.25, 0.3) is 0 Å². The van der Waals surface area contributed by atoms with Crippen molar-refractivity contribution >= 4 is 11.6 Å². The first kappa shape index (κ1) is 12.7. The Bertz CT molecular complexity index is 428. The zero-order valence-corrected chi connectivity index (χ0v) is 10.3. The molecule has 0 bridgehead atoms. The van der Waals surface area contributed by atoms with Crippen molar-refractivity contribution in [1.29, 1.82) is 0 Å². The van der Waals surface area contributed by atoms with Gasteiger partial charge in [-0.05, 0) is 24.1 Å². The lowest BCUT2D eigenvalue weighted by atomic mass is 10.1. The van der Waals surface area contributed by atoms with Crippen LogP contribution in [0, 0.1) is 0 Å². The van der Waals surface area contributed by atoms with E-state index in [1.165, 1.54) is 0 Å². The predicted octanol–water partition coefficient (Wildman–Crippen LogP) is 0.766. The van der Waals surface area contributed by atoms with Crippen LogP contribution in [0.2, 0.25) is 0 Å². The SMILES string of the molecule is Nc1cc(CCC(=O)N2CCOCC2)ccc1O. The Kier molecular flexibility index (Phi) is 4.04. The van der Waals surface area contributed by atoms with Crippen LogP contribution in [0.1, 0.15) is 12.0 Å². The van der Waals surface area contributed by atoms with E-state index in [2.05, 4.69) is 0 Å². The first-order valence-electron chi connectivity index (χ1n) is 6.09. The average molecular weight is 250 g/mol. The van der Waals surface area contributed by atoms with Gasteiger partial charge in [0.05, 0.1) is 18.9 Å². The Morgan fingerprint density at radius 1 is 1.39 bits per heavy atom. The summed E-state index contributed by atoms with van der Waals surface area (Å²) in [6.45, 7) is 2.60. The second-order valence-electron chi connectivity index (χ2n) is 4.39. The standard InChI is InChI=1S/C13H18N2O3/c14-11-9-10(1-3-12(11)16)2-4-13(17)15-5-7-18-8-6-15/h1,3,9,16H,2,4-8,14H2. The molecule has 1 aliphatic rings. The number of aromatic hydroxyl groups is 1. The van der Waals surface area contributed by atoms with Crippen molar-refractivity contribution in [1.82, 2.24) is 4.90 Å². The number of nitrogens with zero attached hydrogens (tertiary/aromatic N) is 1. The predicted molar refractivity (Wildman–Crippen MR) is 68.2 cm³/mol. The number of ether oxygens (including phenoxy) is 1. The number of benzene rings is 1. The van der Waals surface area contributed by atoms with E-state index >= 15 is 0 Å². The molecule has 18 heavy (non-hydrogen) atoms. The van der Waals surface area contributed by atoms with Gasteiger partial charge in [0.2, 0.25) is 5.91 Å². The minimum Gasteiger partial charge on any atom is -0.506 e. The van der Waals surface area contributed by atoms with Gasteiger partial charge in [0.15, 0.2) is 0 Å². The van der Waals surface area contributed by atoms with Crippen LogP contribution in [-0.4, -0.2) is 42.2 Å². The summed E-state index contributed by atoms with van der Waals surface area (Å²) < 4.78 is 5.20. The minimum absolute atomic E-state index is 0.0817. The maximum absolute atomic E-state index is 11.9. The molecule has 1 aliphatic heterocycles. The molecule has 1 heterocycles. The third-order valence-corrected chi connectivity index (χ3v) is 3.08. The van der Waals surface area contributed by atoms with Crippen LogP contribution < -0.4 is 5.73 Å². The lowest BCUT2D eigenvalue weighted by Gasteiger charge is -2.26. The molecule has 1 saturated heterocycles. The van der Waals surface area contributed by atoms with Crippen LogP contribution in [0.25, 0.3) is 0 Å². The van der Waals surface area contributed by atoms with Crippen molar-refractivity contribution < 1.29 is 14.6 Å². The molecule has 0 spiro atoms. The summed E-state index contributed by atoms with van der Waals surface area (Å²) in [6.07, 6.45) is 1.10. The Morgan fingerprint density at radius 2 is 2.11 bits per heavy atom. The van der Waals surface area contributed by atoms with Crippen LogP contribution in [0.5, 0.6) is 5.75 Å². The molecule has 0 saturated carbocycles. The Morgan fingerprint density at radius 3 is 2.78 bits per heavy atom. The number of morpholine rings is 1. The summed E-state index contributed by atoms with van der Waals surface area (Å²) in [5.41, 5.74) is 6.93. The zero-order valence-electron chi connectivity index (χ0n) is 10.3. The highest BCUT2D eigenvalue weighted by atomic mass is 16.5. The largest absolute Gasteiger partial charge is 0.506 e. The van der Waals surface area contributed by atoms with E-state index in [0.29, 0.717) is 44.8 Å². The van der Waals surface area contributed by atoms with Gasteiger partial charge in [-0.25, -0.2) is 0 Å². The van der Waals surface area contributed by atoms with Crippen molar-refractivity contribution in [3.63, 3.8) is 0 Å². The minimum atomic E-state index is 0.0817. The highest BCUT2D eigenvalue weighted by Crippen LogP contribution is 2.21. The smallest absolute Gasteiger partial charge is 0.223 e. The Balaban J connectivity index is 1.86. The first-order chi connectivity index (χ1) is 8.66. The molecular formula is C13H18N2O3. The van der Waals surface area contributed by atoms with Crippen molar-refractivity contribution in [3.05, 3.63) is 23.8 Å². The van der Waals surface area contributed by atoms with E-state index in [0.717, 1.165) is 5.56 Å². The number of nitrogen functional groups attached to an aromatic ring is 1. The van der Waals surface area contributed by atoms with Gasteiger partial charge in [0.1, 0.15) is 5.75 Å². The number of carbonyl (C=O) groups excluding carboxylic acids is 1. The lowest BCUT2D eigenvalue weighted by molar-refractivity contribution is -0.135. The van der Waals surface area contributed by atoms with Gasteiger partial charge < -0.3 is 20.5 Å². The quantitative estimate of drug-likeness (QED) is 0.613. The average Bonchev–Trinajstić information content (AvgIpc) is 2.41. The maximum Gasteiger partial charge on any atom is 0.223 e. The van der Waals surface area contributed by atoms with Crippen LogP contribution in [0.3, 0.4) is 0 Å². The van der Waals surface area contributed by atoms with Gasteiger partial charge in [-0.3, -0.25) is 4.79 Å². The first-order valence-corrected chi connectivity index (χ1v) is 6.09. The highest BCUT2D eigenvalue weighted by Gasteiger charge is 2.16. The summed E-state index contributed by atoms with van der Waals surface area (Å²) >= 11 is 0. The van der Waals surface area contributed by atoms with Crippen molar-refractivity contribution in [2.75, 3.05) is 32.0 Å². The number of anilines is 1. The third kappa shape index (κ3) is 3.13. The van der Waals surface area contributed by atoms with Crippen molar-refractivity contribution in [3.8, 4) is 5.75 Å². The maximum atomic E-state index is 11.9. The summed E-state index contributed by atoms with van der Waals surface area (Å²) in [4.78, 5) is 13.7. The second kappa shape index (κ2) is 5.73. The number of aryl methyl sites for hydroxylation is 1.